The van der Waals surface area contributed by atoms with Gasteiger partial charge in [-0.05, 0) is 0 Å². The molecule has 4 heteroatoms. The average molecular weight is 209 g/mol. The zero-order valence-electron chi connectivity index (χ0n) is 5.29. The molecule has 0 aromatic rings. The third kappa shape index (κ3) is 224. The van der Waals surface area contributed by atoms with E-state index in [0.717, 1.165) is 13.0 Å². The average Bonchev–Trinajstić information content (AvgIpc) is 1.65. The fourth-order valence-electron chi connectivity index (χ4n) is 0. The molecule has 0 spiro atoms. The third-order valence-electron chi connectivity index (χ3n) is 0.183. The molecule has 0 aliphatic heterocycles. The van der Waals surface area contributed by atoms with Gasteiger partial charge in [-0.25, -0.2) is 6.61 Å². The van der Waals surface area contributed by atoms with E-state index in [1.165, 1.54) is 0 Å². The first-order valence-corrected chi connectivity index (χ1v) is 2.15. The maximum Gasteiger partial charge on any atom is 2.00 e. The van der Waals surface area contributed by atoms with Crippen LogP contribution in [0, 0.1) is 13.5 Å². The molecular weight excluding hydrogens is 199 g/mol. The van der Waals surface area contributed by atoms with Gasteiger partial charge in [0.1, 0.15) is 0 Å². The Morgan fingerprint density at radius 2 is 1.89 bits per heavy atom. The fourth-order valence-corrected chi connectivity index (χ4v) is 0. The Hall–Kier alpha value is 0.183. The van der Waals surface area contributed by atoms with Crippen molar-refractivity contribution in [3.63, 3.8) is 0 Å². The summed E-state index contributed by atoms with van der Waals surface area (Å²) in [5, 5.41) is 15.1. The van der Waals surface area contributed by atoms with Gasteiger partial charge in [-0.3, -0.25) is 11.7 Å². The monoisotopic (exact) mass is 208 g/mol. The number of carboxylic acids is 1. The molecule has 0 fully saturated rings. The Balaban J connectivity index is -0.0000000720. The van der Waals surface area contributed by atoms with E-state index in [4.69, 9.17) is 15.0 Å². The van der Waals surface area contributed by atoms with Crippen molar-refractivity contribution in [1.29, 1.82) is 0 Å². The van der Waals surface area contributed by atoms with Crippen LogP contribution >= 0.6 is 0 Å². The molecule has 52 valence electrons. The van der Waals surface area contributed by atoms with Crippen molar-refractivity contribution in [3.8, 4) is 0 Å². The SMILES string of the molecule is CC[CH-]O.[CH2-]C(=O)O.[Zr+2]. The number of rotatable bonds is 1. The molecule has 0 radical (unpaired) electrons. The molecule has 0 aliphatic rings. The summed E-state index contributed by atoms with van der Waals surface area (Å²) in [6.07, 6.45) is 0.750. The number of carbonyl (C=O) groups is 1. The summed E-state index contributed by atoms with van der Waals surface area (Å²) in [6, 6.07) is 0. The van der Waals surface area contributed by atoms with E-state index in [0.29, 0.717) is 0 Å². The number of hydrogen-bond acceptors (Lipinski definition) is 2. The van der Waals surface area contributed by atoms with Gasteiger partial charge in [0.2, 0.25) is 0 Å². The predicted molar refractivity (Wildman–Crippen MR) is 29.5 cm³/mol. The van der Waals surface area contributed by atoms with Crippen LogP contribution in [0.25, 0.3) is 0 Å². The van der Waals surface area contributed by atoms with Crippen LogP contribution < -0.4 is 0 Å². The Kier molecular flexibility index (Phi) is 28.1. The summed E-state index contributed by atoms with van der Waals surface area (Å²) in [5.74, 6) is -1.08. The number of carboxylic acid groups (broad SMARTS) is 1. The maximum atomic E-state index is 8.89. The zero-order valence-corrected chi connectivity index (χ0v) is 7.75. The molecular formula is C5H10O3Zr. The molecule has 0 heterocycles. The summed E-state index contributed by atoms with van der Waals surface area (Å²) >= 11 is 0. The second kappa shape index (κ2) is 15.7. The molecule has 0 unspecified atom stereocenters. The molecule has 0 bridgehead atoms. The topological polar surface area (TPSA) is 57.5 Å². The van der Waals surface area contributed by atoms with Crippen LogP contribution in [-0.4, -0.2) is 16.2 Å². The van der Waals surface area contributed by atoms with Crippen molar-refractivity contribution < 1.29 is 41.2 Å². The van der Waals surface area contributed by atoms with Crippen LogP contribution in [0.3, 0.4) is 0 Å². The van der Waals surface area contributed by atoms with Crippen molar-refractivity contribution in [1.82, 2.24) is 0 Å². The zero-order chi connectivity index (χ0) is 6.99. The standard InChI is InChI=1S/C3H7O.C2H3O2.Zr/c1-2-3-4;1-2(3)4;/h3-4H,2H2,1H3;1H2,(H,3,4);/q2*-1;+2. The van der Waals surface area contributed by atoms with Gasteiger partial charge >= 0.3 is 26.2 Å². The van der Waals surface area contributed by atoms with Crippen LogP contribution in [0.15, 0.2) is 0 Å². The van der Waals surface area contributed by atoms with Crippen LogP contribution in [0.4, 0.5) is 0 Å². The van der Waals surface area contributed by atoms with Crippen molar-refractivity contribution in [3.05, 3.63) is 13.5 Å². The van der Waals surface area contributed by atoms with Gasteiger partial charge in [0, 0.05) is 0 Å². The van der Waals surface area contributed by atoms with Gasteiger partial charge in [0.15, 0.2) is 5.97 Å². The molecule has 0 aromatic heterocycles. The fraction of sp³-hybridized carbons (Fsp3) is 0.400. The predicted octanol–water partition coefficient (Wildman–Crippen LogP) is 0.833. The molecule has 0 amide bonds. The Morgan fingerprint density at radius 1 is 1.78 bits per heavy atom. The summed E-state index contributed by atoms with van der Waals surface area (Å²) in [5.41, 5.74) is 0. The van der Waals surface area contributed by atoms with Gasteiger partial charge < -0.3 is 10.2 Å². The van der Waals surface area contributed by atoms with Crippen LogP contribution in [0.1, 0.15) is 13.3 Å². The molecule has 0 atom stereocenters. The van der Waals surface area contributed by atoms with Crippen molar-refractivity contribution in [2.45, 2.75) is 13.3 Å². The van der Waals surface area contributed by atoms with E-state index in [9.17, 15) is 0 Å². The van der Waals surface area contributed by atoms with Crippen molar-refractivity contribution in [2.24, 2.45) is 0 Å². The molecule has 0 aliphatic carbocycles. The third-order valence-corrected chi connectivity index (χ3v) is 0.183. The van der Waals surface area contributed by atoms with Crippen LogP contribution in [-0.2, 0) is 31.0 Å². The van der Waals surface area contributed by atoms with Gasteiger partial charge in [0.25, 0.3) is 0 Å². The first kappa shape index (κ1) is 16.1. The Bertz CT molecular complexity index is 50.2. The molecule has 0 saturated carbocycles. The van der Waals surface area contributed by atoms with Gasteiger partial charge in [0.05, 0.1) is 0 Å². The minimum absolute atomic E-state index is 0. The van der Waals surface area contributed by atoms with E-state index in [2.05, 4.69) is 6.92 Å². The van der Waals surface area contributed by atoms with E-state index in [1.54, 1.807) is 0 Å². The number of aliphatic hydroxyl groups excluding tert-OH is 1. The largest absolute Gasteiger partial charge is 2.00 e. The van der Waals surface area contributed by atoms with Crippen molar-refractivity contribution in [2.75, 3.05) is 0 Å². The van der Waals surface area contributed by atoms with E-state index >= 15 is 0 Å². The second-order valence-corrected chi connectivity index (χ2v) is 0.985. The number of aliphatic hydroxyl groups is 1. The summed E-state index contributed by atoms with van der Waals surface area (Å²) < 4.78 is 0. The van der Waals surface area contributed by atoms with E-state index < -0.39 is 5.97 Å². The Morgan fingerprint density at radius 3 is 1.89 bits per heavy atom. The van der Waals surface area contributed by atoms with Crippen LogP contribution in [0.2, 0.25) is 0 Å². The minimum Gasteiger partial charge on any atom is -0.566 e. The van der Waals surface area contributed by atoms with E-state index in [1.807, 2.05) is 6.92 Å². The number of hydrogen-bond donors (Lipinski definition) is 2. The normalized spacial score (nSPS) is 6.00. The van der Waals surface area contributed by atoms with Crippen LogP contribution in [0.5, 0.6) is 0 Å². The quantitative estimate of drug-likeness (QED) is 0.629. The molecule has 2 N–H and O–H groups in total. The molecule has 3 nitrogen and oxygen atoms in total. The summed E-state index contributed by atoms with van der Waals surface area (Å²) in [6.45, 7) is 5.56. The smallest absolute Gasteiger partial charge is 0.566 e. The molecule has 9 heavy (non-hydrogen) atoms. The first-order chi connectivity index (χ1) is 3.65. The first-order valence-electron chi connectivity index (χ1n) is 2.15. The molecule has 0 rings (SSSR count). The van der Waals surface area contributed by atoms with Gasteiger partial charge in [-0.2, -0.15) is 6.42 Å². The van der Waals surface area contributed by atoms with Crippen molar-refractivity contribution >= 4 is 5.97 Å². The minimum atomic E-state index is -1.08. The number of aliphatic carboxylic acids is 1. The molecule has 0 aromatic carbocycles. The Labute approximate surface area is 74.2 Å². The summed E-state index contributed by atoms with van der Waals surface area (Å²) in [7, 11) is 0. The van der Waals surface area contributed by atoms with Gasteiger partial charge in [-0.1, -0.05) is 6.92 Å². The van der Waals surface area contributed by atoms with E-state index in [-0.39, 0.29) is 26.2 Å². The second-order valence-electron chi connectivity index (χ2n) is 0.985. The van der Waals surface area contributed by atoms with Gasteiger partial charge in [-0.15, -0.1) is 0 Å². The molecule has 0 saturated heterocycles. The maximum absolute atomic E-state index is 8.89. The summed E-state index contributed by atoms with van der Waals surface area (Å²) in [4.78, 5) is 8.89.